The van der Waals surface area contributed by atoms with Gasteiger partial charge in [0.2, 0.25) is 5.91 Å². The van der Waals surface area contributed by atoms with E-state index in [0.717, 1.165) is 5.69 Å². The monoisotopic (exact) mass is 371 g/mol. The first kappa shape index (κ1) is 18.1. The second-order valence-corrected chi connectivity index (χ2v) is 8.19. The van der Waals surface area contributed by atoms with E-state index in [-0.39, 0.29) is 16.7 Å². The fourth-order valence-corrected chi connectivity index (χ4v) is 4.14. The molecule has 2 aromatic rings. The Morgan fingerprint density at radius 1 is 1.15 bits per heavy atom. The van der Waals surface area contributed by atoms with Gasteiger partial charge in [0.1, 0.15) is 10.7 Å². The van der Waals surface area contributed by atoms with Crippen molar-refractivity contribution < 1.29 is 13.2 Å². The number of sulfonamides is 1. The minimum absolute atomic E-state index is 0.0834. The molecule has 0 atom stereocenters. The largest absolute Gasteiger partial charge is 0.326 e. The highest BCUT2D eigenvalue weighted by Gasteiger charge is 2.32. The zero-order valence-corrected chi connectivity index (χ0v) is 15.7. The SMILES string of the molecule is CC(=O)Nc1ccc2c(c1)S(=O)(=O)N=C(CC(C)C)N2c1ccccc1. The highest BCUT2D eigenvalue weighted by atomic mass is 32.2. The molecule has 0 bridgehead atoms. The molecule has 1 aliphatic heterocycles. The minimum Gasteiger partial charge on any atom is -0.326 e. The number of amidine groups is 1. The van der Waals surface area contributed by atoms with Crippen LogP contribution in [-0.4, -0.2) is 20.2 Å². The van der Waals surface area contributed by atoms with Crippen molar-refractivity contribution in [2.75, 3.05) is 10.2 Å². The van der Waals surface area contributed by atoms with Crippen LogP contribution >= 0.6 is 0 Å². The Morgan fingerprint density at radius 2 is 1.85 bits per heavy atom. The van der Waals surface area contributed by atoms with E-state index in [4.69, 9.17) is 0 Å². The summed E-state index contributed by atoms with van der Waals surface area (Å²) in [6, 6.07) is 14.4. The summed E-state index contributed by atoms with van der Waals surface area (Å²) in [5.41, 5.74) is 1.81. The first-order chi connectivity index (χ1) is 12.3. The number of hydrogen-bond donors (Lipinski definition) is 1. The van der Waals surface area contributed by atoms with Crippen molar-refractivity contribution in [1.29, 1.82) is 0 Å². The number of benzene rings is 2. The molecule has 2 aromatic carbocycles. The summed E-state index contributed by atoms with van der Waals surface area (Å²) >= 11 is 0. The molecule has 1 amide bonds. The molecule has 0 saturated carbocycles. The number of carbonyl (C=O) groups is 1. The second kappa shape index (κ2) is 6.92. The second-order valence-electron chi connectivity index (χ2n) is 6.62. The van der Waals surface area contributed by atoms with Crippen LogP contribution in [0.4, 0.5) is 17.1 Å². The Balaban J connectivity index is 2.20. The summed E-state index contributed by atoms with van der Waals surface area (Å²) in [4.78, 5) is 13.3. The fourth-order valence-electron chi connectivity index (χ4n) is 2.91. The first-order valence-corrected chi connectivity index (χ1v) is 9.82. The highest BCUT2D eigenvalue weighted by Crippen LogP contribution is 2.39. The van der Waals surface area contributed by atoms with Crippen molar-refractivity contribution in [2.24, 2.45) is 10.3 Å². The molecule has 136 valence electrons. The maximum Gasteiger partial charge on any atom is 0.286 e. The number of rotatable bonds is 4. The van der Waals surface area contributed by atoms with E-state index in [1.807, 2.05) is 49.1 Å². The zero-order chi connectivity index (χ0) is 18.9. The van der Waals surface area contributed by atoms with Crippen LogP contribution in [0.15, 0.2) is 57.8 Å². The third-order valence-electron chi connectivity index (χ3n) is 3.89. The smallest absolute Gasteiger partial charge is 0.286 e. The minimum atomic E-state index is -3.84. The number of para-hydroxylation sites is 1. The highest BCUT2D eigenvalue weighted by molar-refractivity contribution is 7.90. The average molecular weight is 371 g/mol. The van der Waals surface area contributed by atoms with Crippen LogP contribution in [0.25, 0.3) is 0 Å². The molecule has 3 rings (SSSR count). The van der Waals surface area contributed by atoms with Gasteiger partial charge in [0.25, 0.3) is 10.0 Å². The molecule has 26 heavy (non-hydrogen) atoms. The normalized spacial score (nSPS) is 15.4. The van der Waals surface area contributed by atoms with Gasteiger partial charge in [0.15, 0.2) is 0 Å². The molecule has 0 saturated heterocycles. The maximum absolute atomic E-state index is 12.8. The standard InChI is InChI=1S/C19H21N3O3S/c1-13(2)11-19-21-26(24,25)18-12-15(20-14(3)23)9-10-17(18)22(19)16-7-5-4-6-8-16/h4-10,12-13H,11H2,1-3H3,(H,20,23). The zero-order valence-electron chi connectivity index (χ0n) is 14.9. The van der Waals surface area contributed by atoms with Crippen molar-refractivity contribution >= 4 is 38.8 Å². The van der Waals surface area contributed by atoms with E-state index in [1.54, 1.807) is 12.1 Å². The summed E-state index contributed by atoms with van der Waals surface area (Å²) in [6.45, 7) is 5.42. The van der Waals surface area contributed by atoms with Crippen molar-refractivity contribution in [3.63, 3.8) is 0 Å². The third kappa shape index (κ3) is 3.62. The number of anilines is 3. The Morgan fingerprint density at radius 3 is 2.46 bits per heavy atom. The Labute approximate surface area is 153 Å². The summed E-state index contributed by atoms with van der Waals surface area (Å²) in [5.74, 6) is 0.475. The Hall–Kier alpha value is -2.67. The lowest BCUT2D eigenvalue weighted by atomic mass is 10.1. The van der Waals surface area contributed by atoms with Gasteiger partial charge in [-0.15, -0.1) is 4.40 Å². The van der Waals surface area contributed by atoms with Gasteiger partial charge in [-0.3, -0.25) is 9.69 Å². The van der Waals surface area contributed by atoms with Crippen molar-refractivity contribution in [2.45, 2.75) is 32.1 Å². The van der Waals surface area contributed by atoms with Crippen LogP contribution in [0.3, 0.4) is 0 Å². The fraction of sp³-hybridized carbons (Fsp3) is 0.263. The van der Waals surface area contributed by atoms with Gasteiger partial charge < -0.3 is 5.32 Å². The van der Waals surface area contributed by atoms with Crippen LogP contribution in [0.2, 0.25) is 0 Å². The van der Waals surface area contributed by atoms with E-state index < -0.39 is 10.0 Å². The molecule has 0 unspecified atom stereocenters. The molecule has 0 radical (unpaired) electrons. The van der Waals surface area contributed by atoms with Gasteiger partial charge in [-0.1, -0.05) is 32.0 Å². The van der Waals surface area contributed by atoms with E-state index in [1.165, 1.54) is 13.0 Å². The molecule has 0 aliphatic carbocycles. The predicted molar refractivity (Wildman–Crippen MR) is 103 cm³/mol. The average Bonchev–Trinajstić information content (AvgIpc) is 2.55. The van der Waals surface area contributed by atoms with Gasteiger partial charge in [-0.25, -0.2) is 0 Å². The molecule has 7 heteroatoms. The summed E-state index contributed by atoms with van der Waals surface area (Å²) in [5, 5.41) is 2.62. The number of hydrogen-bond acceptors (Lipinski definition) is 4. The molecular weight excluding hydrogens is 350 g/mol. The van der Waals surface area contributed by atoms with Crippen LogP contribution in [-0.2, 0) is 14.8 Å². The third-order valence-corrected chi connectivity index (χ3v) is 5.22. The Bertz CT molecular complexity index is 967. The lowest BCUT2D eigenvalue weighted by molar-refractivity contribution is -0.114. The van der Waals surface area contributed by atoms with Gasteiger partial charge in [0, 0.05) is 24.7 Å². The van der Waals surface area contributed by atoms with Crippen LogP contribution in [0.1, 0.15) is 27.2 Å². The molecular formula is C19H21N3O3S. The van der Waals surface area contributed by atoms with Crippen molar-refractivity contribution in [3.8, 4) is 0 Å². The van der Waals surface area contributed by atoms with E-state index in [2.05, 4.69) is 9.71 Å². The van der Waals surface area contributed by atoms with Crippen LogP contribution in [0.5, 0.6) is 0 Å². The quantitative estimate of drug-likeness (QED) is 0.883. The van der Waals surface area contributed by atoms with E-state index in [9.17, 15) is 13.2 Å². The van der Waals surface area contributed by atoms with E-state index >= 15 is 0 Å². The number of nitrogens with zero attached hydrogens (tertiary/aromatic N) is 2. The van der Waals surface area contributed by atoms with Crippen molar-refractivity contribution in [1.82, 2.24) is 0 Å². The first-order valence-electron chi connectivity index (χ1n) is 8.38. The summed E-state index contributed by atoms with van der Waals surface area (Å²) < 4.78 is 29.6. The van der Waals surface area contributed by atoms with Gasteiger partial charge in [0.05, 0.1) is 5.69 Å². The molecule has 0 fully saturated rings. The number of amides is 1. The molecule has 0 spiro atoms. The lowest BCUT2D eigenvalue weighted by Crippen LogP contribution is -2.32. The Kier molecular flexibility index (Phi) is 4.82. The van der Waals surface area contributed by atoms with Gasteiger partial charge >= 0.3 is 0 Å². The van der Waals surface area contributed by atoms with E-state index in [0.29, 0.717) is 23.6 Å². The van der Waals surface area contributed by atoms with Gasteiger partial charge in [-0.2, -0.15) is 8.42 Å². The number of carbonyl (C=O) groups excluding carboxylic acids is 1. The summed E-state index contributed by atoms with van der Waals surface area (Å²) in [7, 11) is -3.84. The molecule has 1 aliphatic rings. The molecule has 1 heterocycles. The van der Waals surface area contributed by atoms with Crippen molar-refractivity contribution in [3.05, 3.63) is 48.5 Å². The van der Waals surface area contributed by atoms with Crippen LogP contribution in [0, 0.1) is 5.92 Å². The molecule has 1 N–H and O–H groups in total. The molecule has 0 aromatic heterocycles. The van der Waals surface area contributed by atoms with Gasteiger partial charge in [-0.05, 0) is 36.2 Å². The maximum atomic E-state index is 12.8. The molecule has 6 nitrogen and oxygen atoms in total. The lowest BCUT2D eigenvalue weighted by Gasteiger charge is -2.32. The predicted octanol–water partition coefficient (Wildman–Crippen LogP) is 3.93. The van der Waals surface area contributed by atoms with Crippen LogP contribution < -0.4 is 10.2 Å². The number of nitrogens with one attached hydrogen (secondary N) is 1. The summed E-state index contributed by atoms with van der Waals surface area (Å²) in [6.07, 6.45) is 0.529. The topological polar surface area (TPSA) is 78.8 Å². The number of fused-ring (bicyclic) bond motifs is 1.